The molecule has 5 atom stereocenters. The number of likely N-dealkylation sites (N-methyl/N-ethyl adjacent to an activating group) is 1. The van der Waals surface area contributed by atoms with Crippen molar-refractivity contribution in [3.8, 4) is 23.6 Å². The van der Waals surface area contributed by atoms with E-state index in [1.165, 1.54) is 33.2 Å². The Labute approximate surface area is 400 Å². The predicted molar refractivity (Wildman–Crippen MR) is 248 cm³/mol. The number of nitriles is 2. The second-order valence-electron chi connectivity index (χ2n) is 14.8. The molecule has 374 valence electrons. The van der Waals surface area contributed by atoms with E-state index >= 15 is 0 Å². The summed E-state index contributed by atoms with van der Waals surface area (Å²) in [5.74, 6) is 1.02. The molecule has 1 heterocycles. The number of phosphoric acid groups is 2. The first-order valence-corrected chi connectivity index (χ1v) is 26.6. The molecule has 0 N–H and O–H groups in total. The second kappa shape index (κ2) is 28.5. The van der Waals surface area contributed by atoms with Crippen LogP contribution in [0.5, 0.6) is 11.5 Å². The molecule has 1 aliphatic rings. The minimum absolute atomic E-state index is 0.0419. The van der Waals surface area contributed by atoms with Crippen LogP contribution in [0.4, 0.5) is 0 Å². The van der Waals surface area contributed by atoms with E-state index < -0.39 is 48.3 Å². The van der Waals surface area contributed by atoms with E-state index in [4.69, 9.17) is 69.4 Å². The van der Waals surface area contributed by atoms with Crippen molar-refractivity contribution in [1.82, 2.24) is 4.90 Å². The van der Waals surface area contributed by atoms with Crippen LogP contribution >= 0.6 is 15.6 Å². The SMILES string of the molecule is COc1ccc(C(O[C@@H]2[C@H](N(C)C(C)=O)CO[C@@H]2COP(=O)(OCCC#N)OCCOCCOP(=O)(OCCC#N)OCCC[Si](OC)(OC)OC)(c2ccccc2)c2ccc(OC)cc2)cc1. The molecule has 3 aromatic carbocycles. The summed E-state index contributed by atoms with van der Waals surface area (Å²) in [7, 11) is -2.16. The average molecular weight is 1010 g/mol. The second-order valence-corrected chi connectivity index (χ2v) is 21.3. The van der Waals surface area contributed by atoms with Crippen LogP contribution in [0.15, 0.2) is 78.9 Å². The summed E-state index contributed by atoms with van der Waals surface area (Å²) in [6.45, 7) is -0.202. The maximum atomic E-state index is 14.2. The normalized spacial score (nSPS) is 17.9. The van der Waals surface area contributed by atoms with Gasteiger partial charge in [-0.2, -0.15) is 10.5 Å². The van der Waals surface area contributed by atoms with Crippen molar-refractivity contribution in [1.29, 1.82) is 10.5 Å². The zero-order valence-corrected chi connectivity index (χ0v) is 42.4. The topological polar surface area (TPSA) is 231 Å². The molecule has 0 saturated carbocycles. The van der Waals surface area contributed by atoms with Crippen LogP contribution in [0.1, 0.15) is 42.9 Å². The van der Waals surface area contributed by atoms with Crippen molar-refractivity contribution in [2.24, 2.45) is 0 Å². The Balaban J connectivity index is 1.50. The van der Waals surface area contributed by atoms with E-state index in [-0.39, 0.29) is 78.2 Å². The number of carbonyl (C=O) groups is 1. The van der Waals surface area contributed by atoms with Crippen LogP contribution in [0.2, 0.25) is 6.04 Å². The highest BCUT2D eigenvalue weighted by Crippen LogP contribution is 2.52. The number of carbonyl (C=O) groups excluding carboxylic acids is 1. The van der Waals surface area contributed by atoms with Gasteiger partial charge in [-0.3, -0.25) is 31.9 Å². The Hall–Kier alpha value is -4.09. The number of benzene rings is 3. The van der Waals surface area contributed by atoms with Crippen molar-refractivity contribution >= 4 is 30.4 Å². The molecule has 1 fully saturated rings. The molecule has 0 aliphatic carbocycles. The zero-order chi connectivity index (χ0) is 49.5. The summed E-state index contributed by atoms with van der Waals surface area (Å²) in [6, 6.07) is 28.1. The highest BCUT2D eigenvalue weighted by atomic mass is 31.2. The van der Waals surface area contributed by atoms with Crippen LogP contribution in [0.25, 0.3) is 0 Å². The number of phosphoric ester groups is 2. The molecule has 68 heavy (non-hydrogen) atoms. The number of amides is 1. The lowest BCUT2D eigenvalue weighted by Crippen LogP contribution is -2.51. The Kier molecular flexibility index (Phi) is 23.7. The Morgan fingerprint density at radius 3 is 1.63 bits per heavy atom. The van der Waals surface area contributed by atoms with Gasteiger partial charge in [0.1, 0.15) is 29.3 Å². The van der Waals surface area contributed by atoms with Crippen LogP contribution < -0.4 is 9.47 Å². The van der Waals surface area contributed by atoms with E-state index in [1.807, 2.05) is 91.0 Å². The summed E-state index contributed by atoms with van der Waals surface area (Å²) >= 11 is 0. The highest BCUT2D eigenvalue weighted by Gasteiger charge is 2.50. The minimum Gasteiger partial charge on any atom is -0.497 e. The molecule has 0 bridgehead atoms. The molecule has 20 nitrogen and oxygen atoms in total. The van der Waals surface area contributed by atoms with Crippen molar-refractivity contribution in [2.45, 2.75) is 56.1 Å². The third-order valence-corrected chi connectivity index (χ3v) is 16.6. The third kappa shape index (κ3) is 16.0. The van der Waals surface area contributed by atoms with Gasteiger partial charge in [-0.15, -0.1) is 0 Å². The first-order chi connectivity index (χ1) is 32.8. The Bertz CT molecular complexity index is 2090. The lowest BCUT2D eigenvalue weighted by Gasteiger charge is -2.41. The molecule has 0 radical (unpaired) electrons. The van der Waals surface area contributed by atoms with Crippen LogP contribution in [-0.2, 0) is 74.2 Å². The third-order valence-electron chi connectivity index (χ3n) is 10.8. The van der Waals surface area contributed by atoms with E-state index in [0.717, 1.165) is 16.7 Å². The van der Waals surface area contributed by atoms with Gasteiger partial charge in [-0.25, -0.2) is 9.13 Å². The molecular weight excluding hydrogens is 945 g/mol. The smallest absolute Gasteiger partial charge is 0.497 e. The summed E-state index contributed by atoms with van der Waals surface area (Å²) in [6.07, 6.45) is -1.66. The lowest BCUT2D eigenvalue weighted by molar-refractivity contribution is -0.136. The van der Waals surface area contributed by atoms with Crippen molar-refractivity contribution in [3.05, 3.63) is 95.6 Å². The van der Waals surface area contributed by atoms with Crippen LogP contribution in [-0.4, -0.2) is 140 Å². The minimum atomic E-state index is -4.41. The van der Waals surface area contributed by atoms with E-state index in [9.17, 15) is 19.2 Å². The van der Waals surface area contributed by atoms with Crippen molar-refractivity contribution < 1.29 is 78.0 Å². The molecule has 1 aliphatic heterocycles. The molecule has 1 amide bonds. The highest BCUT2D eigenvalue weighted by molar-refractivity contribution is 7.48. The van der Waals surface area contributed by atoms with Gasteiger partial charge in [0.25, 0.3) is 0 Å². The van der Waals surface area contributed by atoms with Gasteiger partial charge in [0.15, 0.2) is 0 Å². The first-order valence-electron chi connectivity index (χ1n) is 21.7. The van der Waals surface area contributed by atoms with Gasteiger partial charge in [0.05, 0.1) is 105 Å². The molecular formula is C45H63N3O17P2Si. The number of hydrogen-bond acceptors (Lipinski definition) is 19. The summed E-state index contributed by atoms with van der Waals surface area (Å²) in [4.78, 5) is 14.5. The quantitative estimate of drug-likeness (QED) is 0.0257. The number of ether oxygens (including phenoxy) is 5. The molecule has 4 rings (SSSR count). The van der Waals surface area contributed by atoms with Crippen molar-refractivity contribution in [2.75, 3.05) is 102 Å². The maximum absolute atomic E-state index is 14.2. The van der Waals surface area contributed by atoms with E-state index in [2.05, 4.69) is 0 Å². The van der Waals surface area contributed by atoms with Gasteiger partial charge in [0.2, 0.25) is 5.91 Å². The van der Waals surface area contributed by atoms with Gasteiger partial charge < -0.3 is 41.9 Å². The van der Waals surface area contributed by atoms with Crippen molar-refractivity contribution in [3.63, 3.8) is 0 Å². The zero-order valence-electron chi connectivity index (χ0n) is 39.6. The Morgan fingerprint density at radius 1 is 0.691 bits per heavy atom. The number of hydrogen-bond donors (Lipinski definition) is 0. The largest absolute Gasteiger partial charge is 0.500 e. The lowest BCUT2D eigenvalue weighted by atomic mass is 9.79. The van der Waals surface area contributed by atoms with Gasteiger partial charge >= 0.3 is 24.4 Å². The maximum Gasteiger partial charge on any atom is 0.500 e. The summed E-state index contributed by atoms with van der Waals surface area (Å²) in [5.41, 5.74) is 0.887. The number of nitrogens with zero attached hydrogens (tertiary/aromatic N) is 3. The predicted octanol–water partition coefficient (Wildman–Crippen LogP) is 7.05. The van der Waals surface area contributed by atoms with E-state index in [0.29, 0.717) is 24.0 Å². The molecule has 23 heteroatoms. The summed E-state index contributed by atoms with van der Waals surface area (Å²) < 4.78 is 107. The van der Waals surface area contributed by atoms with Crippen LogP contribution in [0.3, 0.4) is 0 Å². The standard InChI is InChI=1S/C45H63N3O17P2Si/c1-36(49)48(2)42-34-58-43(44(42)65-45(37-14-9-8-10-15-37,38-16-20-40(52-3)21-17-38)39-18-22-41(53-4)23-19-39)35-64-67(51,60-27-12-25-47)63-32-30-57-29-31-62-66(50,59-26-11-24-46)61-28-13-33-68(54-5,55-6)56-7/h8-10,14-23,42-44H,11-13,26-35H2,1-7H3/t42-,43-,44-,66?,67?/m1/s1. The average Bonchev–Trinajstić information content (AvgIpc) is 3.77. The monoisotopic (exact) mass is 1010 g/mol. The molecule has 0 spiro atoms. The van der Waals surface area contributed by atoms with Gasteiger partial charge in [-0.1, -0.05) is 54.6 Å². The van der Waals surface area contributed by atoms with Gasteiger partial charge in [0, 0.05) is 41.3 Å². The molecule has 2 unspecified atom stereocenters. The Morgan fingerprint density at radius 2 is 1.16 bits per heavy atom. The fraction of sp³-hybridized carbons (Fsp3) is 0.533. The molecule has 3 aromatic rings. The molecule has 1 saturated heterocycles. The number of methoxy groups -OCH3 is 2. The molecule has 0 aromatic heterocycles. The fourth-order valence-corrected chi connectivity index (χ4v) is 11.1. The van der Waals surface area contributed by atoms with E-state index in [1.54, 1.807) is 21.3 Å². The summed E-state index contributed by atoms with van der Waals surface area (Å²) in [5, 5.41) is 18.2. The van der Waals surface area contributed by atoms with Crippen LogP contribution in [0, 0.1) is 22.7 Å². The van der Waals surface area contributed by atoms with Gasteiger partial charge in [-0.05, 0) is 47.4 Å². The first kappa shape index (κ1) is 56.5. The number of rotatable bonds is 33. The fourth-order valence-electron chi connectivity index (χ4n) is 7.09.